The summed E-state index contributed by atoms with van der Waals surface area (Å²) in [5.41, 5.74) is 3.02. The molecule has 2 aromatic carbocycles. The maximum absolute atomic E-state index is 5.76. The Labute approximate surface area is 153 Å². The third kappa shape index (κ3) is 3.96. The van der Waals surface area contributed by atoms with Gasteiger partial charge in [0.2, 0.25) is 5.89 Å². The largest absolute Gasteiger partial charge is 0.496 e. The van der Waals surface area contributed by atoms with Crippen molar-refractivity contribution in [1.82, 2.24) is 10.2 Å². The fourth-order valence-corrected chi connectivity index (χ4v) is 2.81. The summed E-state index contributed by atoms with van der Waals surface area (Å²) in [6.45, 7) is 6.77. The van der Waals surface area contributed by atoms with E-state index in [-0.39, 0.29) is 0 Å². The number of rotatable bonds is 8. The van der Waals surface area contributed by atoms with Crippen LogP contribution in [0, 0.1) is 0 Å². The highest BCUT2D eigenvalue weighted by Crippen LogP contribution is 2.28. The van der Waals surface area contributed by atoms with E-state index in [2.05, 4.69) is 58.5 Å². The molecular formula is C20H24N4O2. The quantitative estimate of drug-likeness (QED) is 0.655. The molecule has 0 aliphatic rings. The van der Waals surface area contributed by atoms with Crippen LogP contribution in [0.2, 0.25) is 0 Å². The Morgan fingerprint density at radius 3 is 2.42 bits per heavy atom. The number of hydrogen-bond acceptors (Lipinski definition) is 6. The molecule has 0 amide bonds. The number of nitrogens with one attached hydrogen (secondary N) is 1. The van der Waals surface area contributed by atoms with Crippen LogP contribution in [0.1, 0.15) is 19.7 Å². The Morgan fingerprint density at radius 2 is 1.73 bits per heavy atom. The first kappa shape index (κ1) is 17.8. The summed E-state index contributed by atoms with van der Waals surface area (Å²) in [5, 5.41) is 11.5. The van der Waals surface area contributed by atoms with Gasteiger partial charge in [-0.25, -0.2) is 0 Å². The van der Waals surface area contributed by atoms with Crippen molar-refractivity contribution in [2.75, 3.05) is 30.4 Å². The van der Waals surface area contributed by atoms with Crippen LogP contribution in [-0.2, 0) is 6.54 Å². The number of aromatic nitrogens is 2. The molecule has 0 aliphatic carbocycles. The van der Waals surface area contributed by atoms with E-state index in [1.54, 1.807) is 7.11 Å². The Kier molecular flexibility index (Phi) is 5.73. The first-order chi connectivity index (χ1) is 12.7. The SMILES string of the molecule is CCN(CC)c1ccc(NCc2nnc(-c3ccccc3OC)o2)cc1. The minimum atomic E-state index is 0.455. The highest BCUT2D eigenvalue weighted by molar-refractivity contribution is 5.62. The number of methoxy groups -OCH3 is 1. The molecule has 0 aliphatic heterocycles. The number of nitrogens with zero attached hydrogens (tertiary/aromatic N) is 3. The fraction of sp³-hybridized carbons (Fsp3) is 0.300. The summed E-state index contributed by atoms with van der Waals surface area (Å²) in [7, 11) is 1.62. The Morgan fingerprint density at radius 1 is 1.00 bits per heavy atom. The first-order valence-corrected chi connectivity index (χ1v) is 8.79. The summed E-state index contributed by atoms with van der Waals surface area (Å²) >= 11 is 0. The molecule has 0 unspecified atom stereocenters. The standard InChI is InChI=1S/C20H24N4O2/c1-4-24(5-2)16-12-10-15(11-13-16)21-14-19-22-23-20(26-19)17-8-6-7-9-18(17)25-3/h6-13,21H,4-5,14H2,1-3H3. The Bertz CT molecular complexity index is 826. The maximum Gasteiger partial charge on any atom is 0.251 e. The number of para-hydroxylation sites is 1. The van der Waals surface area contributed by atoms with Crippen molar-refractivity contribution < 1.29 is 9.15 Å². The molecule has 136 valence electrons. The molecule has 0 radical (unpaired) electrons. The second-order valence-corrected chi connectivity index (χ2v) is 5.77. The van der Waals surface area contributed by atoms with Gasteiger partial charge in [-0.2, -0.15) is 0 Å². The van der Waals surface area contributed by atoms with Crippen molar-refractivity contribution >= 4 is 11.4 Å². The molecule has 6 nitrogen and oxygen atoms in total. The highest BCUT2D eigenvalue weighted by atomic mass is 16.5. The van der Waals surface area contributed by atoms with Crippen molar-refractivity contribution in [1.29, 1.82) is 0 Å². The number of ether oxygens (including phenoxy) is 1. The lowest BCUT2D eigenvalue weighted by Crippen LogP contribution is -2.21. The van der Waals surface area contributed by atoms with E-state index in [1.807, 2.05) is 24.3 Å². The second kappa shape index (κ2) is 8.38. The van der Waals surface area contributed by atoms with E-state index in [4.69, 9.17) is 9.15 Å². The normalized spacial score (nSPS) is 10.6. The predicted octanol–water partition coefficient (Wildman–Crippen LogP) is 4.20. The van der Waals surface area contributed by atoms with Gasteiger partial charge >= 0.3 is 0 Å². The highest BCUT2D eigenvalue weighted by Gasteiger charge is 2.12. The van der Waals surface area contributed by atoms with Crippen LogP contribution in [0.25, 0.3) is 11.5 Å². The third-order valence-corrected chi connectivity index (χ3v) is 4.24. The molecular weight excluding hydrogens is 328 g/mol. The number of anilines is 2. The van der Waals surface area contributed by atoms with Gasteiger partial charge in [-0.05, 0) is 50.2 Å². The van der Waals surface area contributed by atoms with Crippen LogP contribution in [0.3, 0.4) is 0 Å². The molecule has 0 saturated heterocycles. The van der Waals surface area contributed by atoms with Crippen LogP contribution in [0.5, 0.6) is 5.75 Å². The zero-order valence-corrected chi connectivity index (χ0v) is 15.4. The van der Waals surface area contributed by atoms with Gasteiger partial charge in [0.25, 0.3) is 5.89 Å². The molecule has 0 saturated carbocycles. The van der Waals surface area contributed by atoms with Crippen LogP contribution in [0.4, 0.5) is 11.4 Å². The summed E-state index contributed by atoms with van der Waals surface area (Å²) in [6, 6.07) is 15.9. The molecule has 6 heteroatoms. The Hall–Kier alpha value is -3.02. The van der Waals surface area contributed by atoms with E-state index in [9.17, 15) is 0 Å². The lowest BCUT2D eigenvalue weighted by molar-refractivity contribution is 0.413. The summed E-state index contributed by atoms with van der Waals surface area (Å²) < 4.78 is 11.1. The van der Waals surface area contributed by atoms with Crippen molar-refractivity contribution in [3.63, 3.8) is 0 Å². The van der Waals surface area contributed by atoms with E-state index < -0.39 is 0 Å². The van der Waals surface area contributed by atoms with Crippen molar-refractivity contribution in [3.8, 4) is 17.2 Å². The van der Waals surface area contributed by atoms with Gasteiger partial charge in [0.05, 0.1) is 19.2 Å². The second-order valence-electron chi connectivity index (χ2n) is 5.77. The van der Waals surface area contributed by atoms with Crippen LogP contribution in [0.15, 0.2) is 52.9 Å². The molecule has 1 heterocycles. The smallest absolute Gasteiger partial charge is 0.251 e. The molecule has 0 spiro atoms. The molecule has 0 atom stereocenters. The van der Waals surface area contributed by atoms with Crippen molar-refractivity contribution in [3.05, 3.63) is 54.4 Å². The summed E-state index contributed by atoms with van der Waals surface area (Å²) in [5.74, 6) is 1.69. The average Bonchev–Trinajstić information content (AvgIpc) is 3.17. The molecule has 26 heavy (non-hydrogen) atoms. The minimum Gasteiger partial charge on any atom is -0.496 e. The van der Waals surface area contributed by atoms with Gasteiger partial charge in [0, 0.05) is 24.5 Å². The van der Waals surface area contributed by atoms with Crippen LogP contribution in [-0.4, -0.2) is 30.4 Å². The van der Waals surface area contributed by atoms with Crippen LogP contribution >= 0.6 is 0 Å². The lowest BCUT2D eigenvalue weighted by Gasteiger charge is -2.21. The molecule has 0 bridgehead atoms. The summed E-state index contributed by atoms with van der Waals surface area (Å²) in [4.78, 5) is 2.31. The van der Waals surface area contributed by atoms with E-state index >= 15 is 0 Å². The van der Waals surface area contributed by atoms with E-state index in [0.29, 0.717) is 24.1 Å². The molecule has 0 fully saturated rings. The minimum absolute atomic E-state index is 0.455. The van der Waals surface area contributed by atoms with Gasteiger partial charge in [0.1, 0.15) is 5.75 Å². The fourth-order valence-electron chi connectivity index (χ4n) is 2.81. The van der Waals surface area contributed by atoms with Gasteiger partial charge in [-0.15, -0.1) is 10.2 Å². The average molecular weight is 352 g/mol. The van der Waals surface area contributed by atoms with E-state index in [0.717, 1.165) is 24.3 Å². The number of benzene rings is 2. The Balaban J connectivity index is 1.65. The predicted molar refractivity (Wildman–Crippen MR) is 104 cm³/mol. The maximum atomic E-state index is 5.76. The number of hydrogen-bond donors (Lipinski definition) is 1. The molecule has 3 aromatic rings. The van der Waals surface area contributed by atoms with Crippen molar-refractivity contribution in [2.45, 2.75) is 20.4 Å². The zero-order valence-electron chi connectivity index (χ0n) is 15.4. The molecule has 1 aromatic heterocycles. The molecule has 1 N–H and O–H groups in total. The topological polar surface area (TPSA) is 63.4 Å². The lowest BCUT2D eigenvalue weighted by atomic mass is 10.2. The third-order valence-electron chi connectivity index (χ3n) is 4.24. The van der Waals surface area contributed by atoms with E-state index in [1.165, 1.54) is 5.69 Å². The monoisotopic (exact) mass is 352 g/mol. The summed E-state index contributed by atoms with van der Waals surface area (Å²) in [6.07, 6.45) is 0. The van der Waals surface area contributed by atoms with Gasteiger partial charge < -0.3 is 19.4 Å². The van der Waals surface area contributed by atoms with Gasteiger partial charge in [0.15, 0.2) is 0 Å². The molecule has 3 rings (SSSR count). The van der Waals surface area contributed by atoms with Crippen molar-refractivity contribution in [2.24, 2.45) is 0 Å². The van der Waals surface area contributed by atoms with Gasteiger partial charge in [-0.1, -0.05) is 12.1 Å². The van der Waals surface area contributed by atoms with Gasteiger partial charge in [-0.3, -0.25) is 0 Å². The zero-order chi connectivity index (χ0) is 18.4. The van der Waals surface area contributed by atoms with Crippen LogP contribution < -0.4 is 15.0 Å². The first-order valence-electron chi connectivity index (χ1n) is 8.79.